The molecule has 0 radical (unpaired) electrons. The molecule has 0 atom stereocenters. The molecule has 1 heterocycles. The molecule has 2 aromatic carbocycles. The number of nitrogens with one attached hydrogen (secondary N) is 1. The van der Waals surface area contributed by atoms with Gasteiger partial charge in [0.1, 0.15) is 0 Å². The minimum absolute atomic E-state index is 0.291. The van der Waals surface area contributed by atoms with Crippen LogP contribution in [0.5, 0.6) is 0 Å². The van der Waals surface area contributed by atoms with Crippen LogP contribution in [0.2, 0.25) is 10.0 Å². The number of hydrogen-bond donors (Lipinski definition) is 2. The predicted molar refractivity (Wildman–Crippen MR) is 83.7 cm³/mol. The summed E-state index contributed by atoms with van der Waals surface area (Å²) in [5.74, 6) is 0.721. The second-order valence-electron chi connectivity index (χ2n) is 4.17. The molecule has 100 valence electrons. The van der Waals surface area contributed by atoms with Gasteiger partial charge in [-0.2, -0.15) is 0 Å². The molecule has 3 rings (SSSR count). The molecule has 0 bridgehead atoms. The van der Waals surface area contributed by atoms with E-state index in [0.717, 1.165) is 11.0 Å². The van der Waals surface area contributed by atoms with E-state index in [0.29, 0.717) is 27.4 Å². The number of halogens is 2. The summed E-state index contributed by atoms with van der Waals surface area (Å²) < 4.78 is 0. The highest BCUT2D eigenvalue weighted by Gasteiger charge is 2.10. The van der Waals surface area contributed by atoms with Crippen molar-refractivity contribution in [3.05, 3.63) is 52.5 Å². The lowest BCUT2D eigenvalue weighted by molar-refractivity contribution is 1.29. The zero-order valence-electron chi connectivity index (χ0n) is 10.3. The summed E-state index contributed by atoms with van der Waals surface area (Å²) in [5, 5.41) is 4.02. The number of rotatable bonds is 2. The lowest BCUT2D eigenvalue weighted by Crippen LogP contribution is -2.03. The molecule has 0 saturated carbocycles. The first-order valence-electron chi connectivity index (χ1n) is 5.88. The van der Waals surface area contributed by atoms with E-state index in [4.69, 9.17) is 28.9 Å². The average Bonchev–Trinajstić information content (AvgIpc) is 2.43. The number of nitrogen functional groups attached to an aromatic ring is 1. The molecule has 0 aliphatic carbocycles. The fourth-order valence-corrected chi connectivity index (χ4v) is 2.33. The maximum absolute atomic E-state index is 6.11. The van der Waals surface area contributed by atoms with Crippen molar-refractivity contribution in [2.24, 2.45) is 0 Å². The van der Waals surface area contributed by atoms with Crippen molar-refractivity contribution in [2.45, 2.75) is 0 Å². The average molecular weight is 305 g/mol. The largest absolute Gasteiger partial charge is 0.381 e. The second kappa shape index (κ2) is 5.15. The van der Waals surface area contributed by atoms with E-state index in [2.05, 4.69) is 15.3 Å². The van der Waals surface area contributed by atoms with Crippen molar-refractivity contribution in [3.8, 4) is 0 Å². The molecule has 0 aliphatic heterocycles. The smallest absolute Gasteiger partial charge is 0.174 e. The summed E-state index contributed by atoms with van der Waals surface area (Å²) >= 11 is 12.2. The van der Waals surface area contributed by atoms with Gasteiger partial charge in [-0.15, -0.1) is 0 Å². The number of para-hydroxylation sites is 3. The van der Waals surface area contributed by atoms with Crippen molar-refractivity contribution in [3.63, 3.8) is 0 Å². The van der Waals surface area contributed by atoms with Gasteiger partial charge in [-0.25, -0.2) is 9.97 Å². The molecule has 4 nitrogen and oxygen atoms in total. The van der Waals surface area contributed by atoms with Crippen molar-refractivity contribution in [2.75, 3.05) is 11.1 Å². The summed E-state index contributed by atoms with van der Waals surface area (Å²) in [4.78, 5) is 8.73. The number of aromatic nitrogens is 2. The van der Waals surface area contributed by atoms with E-state index in [-0.39, 0.29) is 0 Å². The Bertz CT molecular complexity index is 769. The summed E-state index contributed by atoms with van der Waals surface area (Å²) in [6.07, 6.45) is 0. The first-order valence-corrected chi connectivity index (χ1v) is 6.64. The van der Waals surface area contributed by atoms with Gasteiger partial charge >= 0.3 is 0 Å². The molecule has 1 aromatic heterocycles. The van der Waals surface area contributed by atoms with Gasteiger partial charge in [0.05, 0.1) is 26.8 Å². The normalized spacial score (nSPS) is 10.7. The van der Waals surface area contributed by atoms with Crippen LogP contribution in [0.25, 0.3) is 11.0 Å². The van der Waals surface area contributed by atoms with E-state index in [1.54, 1.807) is 18.2 Å². The molecular formula is C14H10Cl2N4. The lowest BCUT2D eigenvalue weighted by Gasteiger charge is -2.11. The van der Waals surface area contributed by atoms with Gasteiger partial charge in [-0.1, -0.05) is 41.4 Å². The van der Waals surface area contributed by atoms with Crippen LogP contribution in [-0.2, 0) is 0 Å². The monoisotopic (exact) mass is 304 g/mol. The molecule has 0 spiro atoms. The maximum atomic E-state index is 6.11. The molecule has 6 heteroatoms. The summed E-state index contributed by atoms with van der Waals surface area (Å²) in [7, 11) is 0. The quantitative estimate of drug-likeness (QED) is 0.742. The Morgan fingerprint density at radius 1 is 0.850 bits per heavy atom. The third kappa shape index (κ3) is 2.35. The summed E-state index contributed by atoms with van der Waals surface area (Å²) in [5.41, 5.74) is 7.95. The van der Waals surface area contributed by atoms with Crippen molar-refractivity contribution in [1.82, 2.24) is 9.97 Å². The molecule has 3 aromatic rings. The molecule has 20 heavy (non-hydrogen) atoms. The highest BCUT2D eigenvalue weighted by molar-refractivity contribution is 6.39. The topological polar surface area (TPSA) is 63.8 Å². The first kappa shape index (κ1) is 13.0. The van der Waals surface area contributed by atoms with E-state index in [9.17, 15) is 0 Å². The number of nitrogens with zero attached hydrogens (tertiary/aromatic N) is 2. The first-order chi connectivity index (χ1) is 9.65. The van der Waals surface area contributed by atoms with Crippen LogP contribution in [0.3, 0.4) is 0 Å². The Morgan fingerprint density at radius 2 is 1.45 bits per heavy atom. The third-order valence-corrected chi connectivity index (χ3v) is 3.43. The van der Waals surface area contributed by atoms with E-state index < -0.39 is 0 Å². The molecule has 0 saturated heterocycles. The Hall–Kier alpha value is -2.04. The van der Waals surface area contributed by atoms with E-state index in [1.807, 2.05) is 24.3 Å². The van der Waals surface area contributed by atoms with Gasteiger partial charge in [-0.05, 0) is 24.3 Å². The Morgan fingerprint density at radius 3 is 2.10 bits per heavy atom. The zero-order chi connectivity index (χ0) is 14.1. The van der Waals surface area contributed by atoms with Gasteiger partial charge in [0.15, 0.2) is 11.6 Å². The van der Waals surface area contributed by atoms with Gasteiger partial charge in [0.2, 0.25) is 0 Å². The van der Waals surface area contributed by atoms with Gasteiger partial charge in [0.25, 0.3) is 0 Å². The number of hydrogen-bond acceptors (Lipinski definition) is 4. The fourth-order valence-electron chi connectivity index (χ4n) is 1.84. The molecular weight excluding hydrogens is 295 g/mol. The van der Waals surface area contributed by atoms with Crippen molar-refractivity contribution >= 4 is 51.6 Å². The maximum Gasteiger partial charge on any atom is 0.174 e. The Labute approximate surface area is 125 Å². The van der Waals surface area contributed by atoms with Crippen LogP contribution in [-0.4, -0.2) is 9.97 Å². The van der Waals surface area contributed by atoms with E-state index in [1.165, 1.54) is 0 Å². The fraction of sp³-hybridized carbons (Fsp3) is 0. The number of fused-ring (bicyclic) bond motifs is 1. The molecule has 0 amide bonds. The Balaban J connectivity index is 2.09. The molecule has 0 fully saturated rings. The zero-order valence-corrected chi connectivity index (χ0v) is 11.8. The van der Waals surface area contributed by atoms with Crippen LogP contribution in [0, 0.1) is 0 Å². The molecule has 0 unspecified atom stereocenters. The van der Waals surface area contributed by atoms with Crippen molar-refractivity contribution in [1.29, 1.82) is 0 Å². The molecule has 3 N–H and O–H groups in total. The minimum Gasteiger partial charge on any atom is -0.381 e. The van der Waals surface area contributed by atoms with Crippen LogP contribution < -0.4 is 11.1 Å². The van der Waals surface area contributed by atoms with Crippen LogP contribution in [0.15, 0.2) is 42.5 Å². The predicted octanol–water partition coefficient (Wildman–Crippen LogP) is 4.26. The minimum atomic E-state index is 0.291. The number of anilines is 3. The van der Waals surface area contributed by atoms with Gasteiger partial charge in [-0.3, -0.25) is 0 Å². The third-order valence-electron chi connectivity index (χ3n) is 2.80. The highest BCUT2D eigenvalue weighted by Crippen LogP contribution is 2.33. The second-order valence-corrected chi connectivity index (χ2v) is 4.98. The Kier molecular flexibility index (Phi) is 3.34. The van der Waals surface area contributed by atoms with Crippen LogP contribution in [0.1, 0.15) is 0 Å². The SMILES string of the molecule is Nc1nc2ccccc2nc1Nc1c(Cl)cccc1Cl. The van der Waals surface area contributed by atoms with Crippen LogP contribution >= 0.6 is 23.2 Å². The van der Waals surface area contributed by atoms with Gasteiger partial charge in [0, 0.05) is 0 Å². The highest BCUT2D eigenvalue weighted by atomic mass is 35.5. The van der Waals surface area contributed by atoms with E-state index >= 15 is 0 Å². The summed E-state index contributed by atoms with van der Waals surface area (Å²) in [6.45, 7) is 0. The molecule has 0 aliphatic rings. The number of benzene rings is 2. The van der Waals surface area contributed by atoms with Crippen LogP contribution in [0.4, 0.5) is 17.3 Å². The van der Waals surface area contributed by atoms with Crippen molar-refractivity contribution < 1.29 is 0 Å². The number of nitrogens with two attached hydrogens (primary N) is 1. The van der Waals surface area contributed by atoms with Gasteiger partial charge < -0.3 is 11.1 Å². The lowest BCUT2D eigenvalue weighted by atomic mass is 10.3. The standard InChI is InChI=1S/C14H10Cl2N4/c15-8-4-3-5-9(16)12(8)20-14-13(17)18-10-6-1-2-7-11(10)19-14/h1-7H,(H2,17,18)(H,19,20). The summed E-state index contributed by atoms with van der Waals surface area (Å²) in [6, 6.07) is 12.7.